The van der Waals surface area contributed by atoms with Gasteiger partial charge in [-0.15, -0.1) is 0 Å². The highest BCUT2D eigenvalue weighted by atomic mass is 16.6. The molecule has 0 fully saturated rings. The van der Waals surface area contributed by atoms with Crippen molar-refractivity contribution in [3.63, 3.8) is 0 Å². The number of hydrogen-bond acceptors (Lipinski definition) is 5. The van der Waals surface area contributed by atoms with Crippen LogP contribution in [0.25, 0.3) is 0 Å². The van der Waals surface area contributed by atoms with E-state index in [1.54, 1.807) is 39.8 Å². The van der Waals surface area contributed by atoms with Gasteiger partial charge in [0.15, 0.2) is 0 Å². The van der Waals surface area contributed by atoms with Gasteiger partial charge in [0.25, 0.3) is 0 Å². The van der Waals surface area contributed by atoms with E-state index in [0.29, 0.717) is 12.2 Å². The van der Waals surface area contributed by atoms with E-state index in [9.17, 15) is 9.59 Å². The SMILES string of the molecule is CC(=O)O[C@H](C)C[C@H](NC(=O)OC(C)(C)C)c1ccco1. The van der Waals surface area contributed by atoms with Gasteiger partial charge < -0.3 is 19.2 Å². The average molecular weight is 297 g/mol. The Balaban J connectivity index is 2.70. The van der Waals surface area contributed by atoms with Crippen LogP contribution in [0, 0.1) is 0 Å². The Bertz CT molecular complexity index is 461. The minimum Gasteiger partial charge on any atom is -0.467 e. The molecule has 118 valence electrons. The molecule has 0 saturated heterocycles. The molecule has 6 nitrogen and oxygen atoms in total. The molecule has 2 atom stereocenters. The number of ether oxygens (including phenoxy) is 2. The molecule has 0 spiro atoms. The van der Waals surface area contributed by atoms with Crippen molar-refractivity contribution in [2.75, 3.05) is 0 Å². The number of hydrogen-bond donors (Lipinski definition) is 1. The summed E-state index contributed by atoms with van der Waals surface area (Å²) >= 11 is 0. The molecular formula is C15H23NO5. The number of nitrogens with one attached hydrogen (secondary N) is 1. The van der Waals surface area contributed by atoms with Crippen molar-refractivity contribution in [3.8, 4) is 0 Å². The third-order valence-corrected chi connectivity index (χ3v) is 2.51. The maximum Gasteiger partial charge on any atom is 0.408 e. The van der Waals surface area contributed by atoms with E-state index in [4.69, 9.17) is 13.9 Å². The van der Waals surface area contributed by atoms with Crippen LogP contribution in [0.3, 0.4) is 0 Å². The van der Waals surface area contributed by atoms with Crippen LogP contribution in [0.4, 0.5) is 4.79 Å². The number of amides is 1. The van der Waals surface area contributed by atoms with Crippen molar-refractivity contribution in [3.05, 3.63) is 24.2 Å². The van der Waals surface area contributed by atoms with Gasteiger partial charge in [-0.25, -0.2) is 4.79 Å². The smallest absolute Gasteiger partial charge is 0.408 e. The Labute approximate surface area is 124 Å². The topological polar surface area (TPSA) is 77.8 Å². The molecule has 0 radical (unpaired) electrons. The largest absolute Gasteiger partial charge is 0.467 e. The molecule has 1 aromatic rings. The van der Waals surface area contributed by atoms with Crippen LogP contribution < -0.4 is 5.32 Å². The minimum absolute atomic E-state index is 0.354. The molecule has 1 aromatic heterocycles. The van der Waals surface area contributed by atoms with Crippen molar-refractivity contribution < 1.29 is 23.5 Å². The quantitative estimate of drug-likeness (QED) is 0.844. The first-order chi connectivity index (χ1) is 9.67. The number of carbonyl (C=O) groups excluding carboxylic acids is 2. The summed E-state index contributed by atoms with van der Waals surface area (Å²) in [5, 5.41) is 2.73. The monoisotopic (exact) mass is 297 g/mol. The summed E-state index contributed by atoms with van der Waals surface area (Å²) in [6.07, 6.45) is 1.02. The van der Waals surface area contributed by atoms with E-state index in [1.807, 2.05) is 0 Å². The van der Waals surface area contributed by atoms with Gasteiger partial charge in [-0.1, -0.05) is 0 Å². The van der Waals surface area contributed by atoms with Crippen LogP contribution in [0.1, 0.15) is 52.8 Å². The first kappa shape index (κ1) is 17.1. The van der Waals surface area contributed by atoms with Gasteiger partial charge in [-0.2, -0.15) is 0 Å². The van der Waals surface area contributed by atoms with E-state index in [1.165, 1.54) is 13.2 Å². The summed E-state index contributed by atoms with van der Waals surface area (Å²) in [5.41, 5.74) is -0.584. The molecular weight excluding hydrogens is 274 g/mol. The predicted molar refractivity (Wildman–Crippen MR) is 76.7 cm³/mol. The lowest BCUT2D eigenvalue weighted by Crippen LogP contribution is -2.36. The highest BCUT2D eigenvalue weighted by Gasteiger charge is 2.24. The van der Waals surface area contributed by atoms with E-state index in [2.05, 4.69) is 5.32 Å². The third-order valence-electron chi connectivity index (χ3n) is 2.51. The van der Waals surface area contributed by atoms with Gasteiger partial charge in [0.1, 0.15) is 17.5 Å². The Morgan fingerprint density at radius 1 is 1.38 bits per heavy atom. The molecule has 1 rings (SSSR count). The van der Waals surface area contributed by atoms with Crippen LogP contribution in [-0.4, -0.2) is 23.8 Å². The van der Waals surface area contributed by atoms with Gasteiger partial charge in [-0.3, -0.25) is 4.79 Å². The number of alkyl carbamates (subject to hydrolysis) is 1. The molecule has 21 heavy (non-hydrogen) atoms. The molecule has 0 aliphatic heterocycles. The summed E-state index contributed by atoms with van der Waals surface area (Å²) in [4.78, 5) is 22.9. The lowest BCUT2D eigenvalue weighted by atomic mass is 10.1. The Morgan fingerprint density at radius 3 is 2.52 bits per heavy atom. The van der Waals surface area contributed by atoms with Gasteiger partial charge in [-0.05, 0) is 39.8 Å². The fourth-order valence-corrected chi connectivity index (χ4v) is 1.85. The molecule has 6 heteroatoms. The Kier molecular flexibility index (Phi) is 5.81. The van der Waals surface area contributed by atoms with E-state index < -0.39 is 17.7 Å². The van der Waals surface area contributed by atoms with Gasteiger partial charge in [0.2, 0.25) is 0 Å². The summed E-state index contributed by atoms with van der Waals surface area (Å²) in [6, 6.07) is 3.06. The van der Waals surface area contributed by atoms with Gasteiger partial charge in [0.05, 0.1) is 12.3 Å². The fraction of sp³-hybridized carbons (Fsp3) is 0.600. The molecule has 1 N–H and O–H groups in total. The molecule has 0 saturated carbocycles. The number of carbonyl (C=O) groups is 2. The molecule has 0 unspecified atom stereocenters. The van der Waals surface area contributed by atoms with Crippen LogP contribution in [0.2, 0.25) is 0 Å². The summed E-state index contributed by atoms with van der Waals surface area (Å²) in [7, 11) is 0. The van der Waals surface area contributed by atoms with Gasteiger partial charge in [0, 0.05) is 13.3 Å². The van der Waals surface area contributed by atoms with Crippen LogP contribution >= 0.6 is 0 Å². The molecule has 0 bridgehead atoms. The zero-order valence-electron chi connectivity index (χ0n) is 13.1. The van der Waals surface area contributed by atoms with Crippen LogP contribution in [0.5, 0.6) is 0 Å². The highest BCUT2D eigenvalue weighted by Crippen LogP contribution is 2.21. The molecule has 0 aromatic carbocycles. The maximum atomic E-state index is 11.9. The van der Waals surface area contributed by atoms with Crippen molar-refractivity contribution in [2.24, 2.45) is 0 Å². The van der Waals surface area contributed by atoms with E-state index in [-0.39, 0.29) is 12.1 Å². The van der Waals surface area contributed by atoms with Crippen molar-refractivity contribution in [1.29, 1.82) is 0 Å². The minimum atomic E-state index is -0.584. The number of furan rings is 1. The first-order valence-electron chi connectivity index (χ1n) is 6.87. The second-order valence-corrected chi connectivity index (χ2v) is 5.87. The van der Waals surface area contributed by atoms with Crippen molar-refractivity contribution >= 4 is 12.1 Å². The zero-order chi connectivity index (χ0) is 16.0. The first-order valence-corrected chi connectivity index (χ1v) is 6.87. The molecule has 0 aliphatic rings. The van der Waals surface area contributed by atoms with Crippen molar-refractivity contribution in [1.82, 2.24) is 5.32 Å². The summed E-state index contributed by atoms with van der Waals surface area (Å²) in [5.74, 6) is 0.220. The maximum absolute atomic E-state index is 11.9. The average Bonchev–Trinajstić information content (AvgIpc) is 2.76. The van der Waals surface area contributed by atoms with Crippen LogP contribution in [0.15, 0.2) is 22.8 Å². The third kappa shape index (κ3) is 6.83. The molecule has 1 amide bonds. The fourth-order valence-electron chi connectivity index (χ4n) is 1.85. The van der Waals surface area contributed by atoms with Crippen LogP contribution in [-0.2, 0) is 14.3 Å². The Morgan fingerprint density at radius 2 is 2.05 bits per heavy atom. The molecule has 0 aliphatic carbocycles. The number of rotatable bonds is 5. The summed E-state index contributed by atoms with van der Waals surface area (Å²) < 4.78 is 15.6. The lowest BCUT2D eigenvalue weighted by molar-refractivity contribution is -0.146. The normalized spacial score (nSPS) is 14.1. The standard InChI is InChI=1S/C15H23NO5/c1-10(20-11(2)17)9-12(13-7-6-8-19-13)16-14(18)21-15(3,4)5/h6-8,10,12H,9H2,1-5H3,(H,16,18)/t10-,12+/m1/s1. The molecule has 1 heterocycles. The highest BCUT2D eigenvalue weighted by molar-refractivity contribution is 5.68. The van der Waals surface area contributed by atoms with E-state index >= 15 is 0 Å². The second kappa shape index (κ2) is 7.15. The van der Waals surface area contributed by atoms with Gasteiger partial charge >= 0.3 is 12.1 Å². The predicted octanol–water partition coefficient (Wildman–Crippen LogP) is 3.19. The Hall–Kier alpha value is -1.98. The zero-order valence-corrected chi connectivity index (χ0v) is 13.1. The van der Waals surface area contributed by atoms with Crippen molar-refractivity contribution in [2.45, 2.75) is 58.8 Å². The number of esters is 1. The van der Waals surface area contributed by atoms with E-state index in [0.717, 1.165) is 0 Å². The lowest BCUT2D eigenvalue weighted by Gasteiger charge is -2.24. The summed E-state index contributed by atoms with van der Waals surface area (Å²) in [6.45, 7) is 8.47. The second-order valence-electron chi connectivity index (χ2n) is 5.87.